The highest BCUT2D eigenvalue weighted by Crippen LogP contribution is 2.13. The summed E-state index contributed by atoms with van der Waals surface area (Å²) >= 11 is 0. The molecule has 1 aliphatic heterocycles. The highest BCUT2D eigenvalue weighted by molar-refractivity contribution is 7.90. The van der Waals surface area contributed by atoms with E-state index in [2.05, 4.69) is 10.0 Å². The molecule has 1 unspecified atom stereocenters. The van der Waals surface area contributed by atoms with E-state index >= 15 is 0 Å². The molecule has 1 aliphatic rings. The van der Waals surface area contributed by atoms with Gasteiger partial charge in [0.2, 0.25) is 10.0 Å². The normalized spacial score (nSPS) is 23.3. The fourth-order valence-electron chi connectivity index (χ4n) is 1.59. The van der Waals surface area contributed by atoms with Gasteiger partial charge in [-0.05, 0) is 46.6 Å². The van der Waals surface area contributed by atoms with Crippen LogP contribution in [0.1, 0.15) is 40.0 Å². The van der Waals surface area contributed by atoms with Crippen LogP contribution in [0.4, 0.5) is 0 Å². The Labute approximate surface area is 92.9 Å². The van der Waals surface area contributed by atoms with Gasteiger partial charge in [-0.3, -0.25) is 0 Å². The Hall–Kier alpha value is -0.130. The molecular formula is C10H22N2O2S. The smallest absolute Gasteiger partial charge is 0.216 e. The first-order valence-corrected chi connectivity index (χ1v) is 7.04. The van der Waals surface area contributed by atoms with Crippen LogP contribution in [0, 0.1) is 0 Å². The molecule has 5 heteroatoms. The molecule has 0 bridgehead atoms. The van der Waals surface area contributed by atoms with Gasteiger partial charge in [-0.2, -0.15) is 0 Å². The molecule has 1 rings (SSSR count). The van der Waals surface area contributed by atoms with Crippen LogP contribution in [0.25, 0.3) is 0 Å². The molecule has 0 saturated carbocycles. The summed E-state index contributed by atoms with van der Waals surface area (Å²) in [4.78, 5) is 0. The molecule has 1 fully saturated rings. The molecule has 0 aliphatic carbocycles. The number of rotatable bonds is 4. The summed E-state index contributed by atoms with van der Waals surface area (Å²) in [6, 6.07) is 0.493. The van der Waals surface area contributed by atoms with E-state index in [1.807, 2.05) is 0 Å². The lowest BCUT2D eigenvalue weighted by Gasteiger charge is -2.20. The van der Waals surface area contributed by atoms with Gasteiger partial charge < -0.3 is 5.32 Å². The minimum Gasteiger partial charge on any atom is -0.314 e. The van der Waals surface area contributed by atoms with Crippen molar-refractivity contribution in [2.45, 2.75) is 50.8 Å². The molecule has 15 heavy (non-hydrogen) atoms. The number of hydrogen-bond acceptors (Lipinski definition) is 3. The van der Waals surface area contributed by atoms with Crippen LogP contribution in [0.2, 0.25) is 0 Å². The van der Waals surface area contributed by atoms with Crippen LogP contribution < -0.4 is 10.0 Å². The van der Waals surface area contributed by atoms with E-state index in [4.69, 9.17) is 0 Å². The summed E-state index contributed by atoms with van der Waals surface area (Å²) in [6.45, 7) is 6.74. The molecule has 1 heterocycles. The minimum absolute atomic E-state index is 0.493. The summed E-state index contributed by atoms with van der Waals surface area (Å²) in [5, 5.41) is 3.35. The van der Waals surface area contributed by atoms with Crippen molar-refractivity contribution in [2.75, 3.05) is 13.1 Å². The third kappa shape index (κ3) is 3.74. The fourth-order valence-corrected chi connectivity index (χ4v) is 2.41. The Kier molecular flexibility index (Phi) is 4.14. The van der Waals surface area contributed by atoms with Crippen molar-refractivity contribution < 1.29 is 8.42 Å². The molecule has 90 valence electrons. The van der Waals surface area contributed by atoms with Gasteiger partial charge in [-0.25, -0.2) is 13.1 Å². The van der Waals surface area contributed by atoms with Crippen molar-refractivity contribution in [1.82, 2.24) is 10.0 Å². The van der Waals surface area contributed by atoms with Gasteiger partial charge in [0.25, 0.3) is 0 Å². The second-order valence-electron chi connectivity index (χ2n) is 5.09. The lowest BCUT2D eigenvalue weighted by molar-refractivity contribution is 0.522. The summed E-state index contributed by atoms with van der Waals surface area (Å²) in [6.07, 6.45) is 3.25. The Balaban J connectivity index is 2.30. The maximum atomic E-state index is 11.7. The molecule has 4 nitrogen and oxygen atoms in total. The second kappa shape index (κ2) is 4.80. The van der Waals surface area contributed by atoms with Crippen molar-refractivity contribution in [3.63, 3.8) is 0 Å². The maximum Gasteiger partial charge on any atom is 0.216 e. The Morgan fingerprint density at radius 1 is 1.40 bits per heavy atom. The van der Waals surface area contributed by atoms with Crippen molar-refractivity contribution in [1.29, 1.82) is 0 Å². The second-order valence-corrected chi connectivity index (χ2v) is 7.61. The molecular weight excluding hydrogens is 212 g/mol. The standard InChI is InChI=1S/C10H22N2O2S/c1-10(2,3)15(13,14)12-8-6-9-5-4-7-11-9/h9,11-12H,4-8H2,1-3H3. The number of hydrogen-bond donors (Lipinski definition) is 2. The predicted molar refractivity (Wildman–Crippen MR) is 62.3 cm³/mol. The van der Waals surface area contributed by atoms with Crippen LogP contribution in [-0.4, -0.2) is 32.3 Å². The van der Waals surface area contributed by atoms with Gasteiger partial charge in [-0.15, -0.1) is 0 Å². The van der Waals surface area contributed by atoms with E-state index in [0.29, 0.717) is 12.6 Å². The lowest BCUT2D eigenvalue weighted by Crippen LogP contribution is -2.41. The average molecular weight is 234 g/mol. The van der Waals surface area contributed by atoms with Gasteiger partial charge in [-0.1, -0.05) is 0 Å². The van der Waals surface area contributed by atoms with Gasteiger partial charge in [0.05, 0.1) is 4.75 Å². The van der Waals surface area contributed by atoms with Crippen molar-refractivity contribution in [3.8, 4) is 0 Å². The van der Waals surface area contributed by atoms with E-state index in [0.717, 1.165) is 19.4 Å². The first-order valence-electron chi connectivity index (χ1n) is 5.55. The Morgan fingerprint density at radius 2 is 2.07 bits per heavy atom. The van der Waals surface area contributed by atoms with Crippen LogP contribution in [0.3, 0.4) is 0 Å². The number of nitrogens with one attached hydrogen (secondary N) is 2. The van der Waals surface area contributed by atoms with Crippen molar-refractivity contribution >= 4 is 10.0 Å². The maximum absolute atomic E-state index is 11.7. The quantitative estimate of drug-likeness (QED) is 0.758. The van der Waals surface area contributed by atoms with E-state index < -0.39 is 14.8 Å². The van der Waals surface area contributed by atoms with Crippen LogP contribution in [-0.2, 0) is 10.0 Å². The third-order valence-electron chi connectivity index (χ3n) is 2.75. The molecule has 0 aromatic rings. The van der Waals surface area contributed by atoms with Gasteiger partial charge in [0, 0.05) is 12.6 Å². The topological polar surface area (TPSA) is 58.2 Å². The monoisotopic (exact) mass is 234 g/mol. The van der Waals surface area contributed by atoms with Crippen molar-refractivity contribution in [3.05, 3.63) is 0 Å². The van der Waals surface area contributed by atoms with Gasteiger partial charge in [0.1, 0.15) is 0 Å². The molecule has 2 N–H and O–H groups in total. The highest BCUT2D eigenvalue weighted by Gasteiger charge is 2.28. The Bertz CT molecular complexity index is 287. The molecule has 0 aromatic carbocycles. The lowest BCUT2D eigenvalue weighted by atomic mass is 10.2. The molecule has 0 aromatic heterocycles. The van der Waals surface area contributed by atoms with Crippen molar-refractivity contribution in [2.24, 2.45) is 0 Å². The highest BCUT2D eigenvalue weighted by atomic mass is 32.2. The van der Waals surface area contributed by atoms with E-state index in [-0.39, 0.29) is 0 Å². The third-order valence-corrected chi connectivity index (χ3v) is 4.95. The summed E-state index contributed by atoms with van der Waals surface area (Å²) in [5.74, 6) is 0. The first kappa shape index (κ1) is 12.9. The SMILES string of the molecule is CC(C)(C)S(=O)(=O)NCCC1CCCN1. The molecule has 0 amide bonds. The van der Waals surface area contributed by atoms with Crippen LogP contribution in [0.15, 0.2) is 0 Å². The number of sulfonamides is 1. The molecule has 0 spiro atoms. The summed E-state index contributed by atoms with van der Waals surface area (Å²) in [7, 11) is -3.17. The van der Waals surface area contributed by atoms with Gasteiger partial charge in [0.15, 0.2) is 0 Å². The minimum atomic E-state index is -3.17. The van der Waals surface area contributed by atoms with Crippen LogP contribution in [0.5, 0.6) is 0 Å². The van der Waals surface area contributed by atoms with Crippen LogP contribution >= 0.6 is 0 Å². The zero-order valence-electron chi connectivity index (χ0n) is 9.84. The molecule has 1 atom stereocenters. The summed E-state index contributed by atoms with van der Waals surface area (Å²) in [5.41, 5.74) is 0. The zero-order valence-corrected chi connectivity index (χ0v) is 10.7. The molecule has 0 radical (unpaired) electrons. The van der Waals surface area contributed by atoms with E-state index in [1.54, 1.807) is 20.8 Å². The van der Waals surface area contributed by atoms with Gasteiger partial charge >= 0.3 is 0 Å². The zero-order chi connectivity index (χ0) is 11.5. The average Bonchev–Trinajstić information content (AvgIpc) is 2.54. The van der Waals surface area contributed by atoms with E-state index in [1.165, 1.54) is 6.42 Å². The summed E-state index contributed by atoms with van der Waals surface area (Å²) < 4.78 is 25.3. The Morgan fingerprint density at radius 3 is 2.53 bits per heavy atom. The fraction of sp³-hybridized carbons (Fsp3) is 1.00. The van der Waals surface area contributed by atoms with E-state index in [9.17, 15) is 8.42 Å². The first-order chi connectivity index (χ1) is 6.83. The predicted octanol–water partition coefficient (Wildman–Crippen LogP) is 0.846. The largest absolute Gasteiger partial charge is 0.314 e. The molecule has 1 saturated heterocycles.